The normalized spacial score (nSPS) is 11.5. The molecule has 102 valence electrons. The standard InChI is InChI=1S/C11H11ClFN3O2S/c1-2-7-6-14-15-11(7)16-19(17,18)10-4-3-8(13)5-9(10)12/h3-6H,2H2,1H3,(H2,14,15,16). The maximum Gasteiger partial charge on any atom is 0.264 e. The van der Waals surface area contributed by atoms with Crippen molar-refractivity contribution in [3.05, 3.63) is 40.8 Å². The van der Waals surface area contributed by atoms with Gasteiger partial charge in [0.15, 0.2) is 0 Å². The summed E-state index contributed by atoms with van der Waals surface area (Å²) in [7, 11) is -3.88. The van der Waals surface area contributed by atoms with Crippen LogP contribution in [0.15, 0.2) is 29.3 Å². The Kier molecular flexibility index (Phi) is 3.77. The summed E-state index contributed by atoms with van der Waals surface area (Å²) >= 11 is 5.74. The van der Waals surface area contributed by atoms with E-state index in [4.69, 9.17) is 11.6 Å². The van der Waals surface area contributed by atoms with Gasteiger partial charge in [0.2, 0.25) is 0 Å². The number of hydrogen-bond acceptors (Lipinski definition) is 3. The van der Waals surface area contributed by atoms with E-state index in [1.165, 1.54) is 6.20 Å². The fraction of sp³-hybridized carbons (Fsp3) is 0.182. The zero-order valence-corrected chi connectivity index (χ0v) is 11.5. The summed E-state index contributed by atoms with van der Waals surface area (Å²) in [5.41, 5.74) is 0.724. The lowest BCUT2D eigenvalue weighted by atomic mass is 10.3. The fourth-order valence-electron chi connectivity index (χ4n) is 1.55. The molecule has 2 aromatic rings. The number of H-pyrrole nitrogens is 1. The van der Waals surface area contributed by atoms with Crippen molar-refractivity contribution in [2.24, 2.45) is 0 Å². The molecule has 19 heavy (non-hydrogen) atoms. The molecule has 8 heteroatoms. The van der Waals surface area contributed by atoms with E-state index in [0.29, 0.717) is 6.42 Å². The minimum Gasteiger partial charge on any atom is -0.263 e. The summed E-state index contributed by atoms with van der Waals surface area (Å²) in [5.74, 6) is -0.317. The summed E-state index contributed by atoms with van der Waals surface area (Å²) < 4.78 is 39.5. The first kappa shape index (κ1) is 13.8. The zero-order chi connectivity index (χ0) is 14.0. The first-order valence-electron chi connectivity index (χ1n) is 5.44. The number of aromatic amines is 1. The molecule has 0 spiro atoms. The van der Waals surface area contributed by atoms with Crippen molar-refractivity contribution < 1.29 is 12.8 Å². The largest absolute Gasteiger partial charge is 0.264 e. The van der Waals surface area contributed by atoms with Crippen LogP contribution >= 0.6 is 11.6 Å². The minimum atomic E-state index is -3.88. The summed E-state index contributed by atoms with van der Waals surface area (Å²) in [4.78, 5) is -0.188. The lowest BCUT2D eigenvalue weighted by Crippen LogP contribution is -2.14. The molecule has 0 unspecified atom stereocenters. The molecular weight excluding hydrogens is 293 g/mol. The third kappa shape index (κ3) is 2.87. The predicted octanol–water partition coefficient (Wildman–Crippen LogP) is 2.57. The molecule has 0 fully saturated rings. The van der Waals surface area contributed by atoms with Crippen LogP contribution in [0.5, 0.6) is 0 Å². The van der Waals surface area contributed by atoms with Gasteiger partial charge in [-0.2, -0.15) is 5.10 Å². The number of nitrogens with one attached hydrogen (secondary N) is 2. The van der Waals surface area contributed by atoms with Crippen molar-refractivity contribution >= 4 is 27.4 Å². The van der Waals surface area contributed by atoms with Crippen molar-refractivity contribution in [2.75, 3.05) is 4.72 Å². The van der Waals surface area contributed by atoms with Gasteiger partial charge in [-0.05, 0) is 24.6 Å². The van der Waals surface area contributed by atoms with Gasteiger partial charge in [-0.3, -0.25) is 9.82 Å². The van der Waals surface area contributed by atoms with Gasteiger partial charge in [0.05, 0.1) is 11.2 Å². The third-order valence-electron chi connectivity index (χ3n) is 2.52. The van der Waals surface area contributed by atoms with Crippen LogP contribution < -0.4 is 4.72 Å². The van der Waals surface area contributed by atoms with Gasteiger partial charge in [0.25, 0.3) is 10.0 Å². The Labute approximate surface area is 114 Å². The molecule has 2 N–H and O–H groups in total. The second kappa shape index (κ2) is 5.18. The first-order chi connectivity index (χ1) is 8.94. The number of benzene rings is 1. The van der Waals surface area contributed by atoms with Gasteiger partial charge in [0.1, 0.15) is 16.5 Å². The number of halogens is 2. The molecule has 0 radical (unpaired) electrons. The number of anilines is 1. The van der Waals surface area contributed by atoms with E-state index >= 15 is 0 Å². The minimum absolute atomic E-state index is 0.176. The maximum atomic E-state index is 12.9. The number of aromatic nitrogens is 2. The lowest BCUT2D eigenvalue weighted by molar-refractivity contribution is 0.599. The fourth-order valence-corrected chi connectivity index (χ4v) is 3.14. The smallest absolute Gasteiger partial charge is 0.263 e. The molecule has 0 saturated carbocycles. The Morgan fingerprint density at radius 3 is 2.84 bits per heavy atom. The number of nitrogens with zero attached hydrogens (tertiary/aromatic N) is 1. The molecule has 0 atom stereocenters. The highest BCUT2D eigenvalue weighted by Gasteiger charge is 2.20. The van der Waals surface area contributed by atoms with Crippen LogP contribution in [0.2, 0.25) is 5.02 Å². The van der Waals surface area contributed by atoms with Gasteiger partial charge in [-0.25, -0.2) is 12.8 Å². The number of hydrogen-bond donors (Lipinski definition) is 2. The van der Waals surface area contributed by atoms with Crippen LogP contribution in [0.3, 0.4) is 0 Å². The predicted molar refractivity (Wildman–Crippen MR) is 70.2 cm³/mol. The van der Waals surface area contributed by atoms with Gasteiger partial charge < -0.3 is 0 Å². The molecule has 0 amide bonds. The molecule has 0 bridgehead atoms. The van der Waals surface area contributed by atoms with Crippen molar-refractivity contribution in [3.63, 3.8) is 0 Å². The molecule has 0 saturated heterocycles. The van der Waals surface area contributed by atoms with Gasteiger partial charge in [-0.15, -0.1) is 0 Å². The maximum absolute atomic E-state index is 12.9. The lowest BCUT2D eigenvalue weighted by Gasteiger charge is -2.09. The Morgan fingerprint density at radius 2 is 2.21 bits per heavy atom. The van der Waals surface area contributed by atoms with Crippen molar-refractivity contribution in [2.45, 2.75) is 18.2 Å². The molecule has 1 aromatic heterocycles. The van der Waals surface area contributed by atoms with Crippen LogP contribution in [0.4, 0.5) is 10.2 Å². The second-order valence-corrected chi connectivity index (χ2v) is 5.86. The Balaban J connectivity index is 2.38. The van der Waals surface area contributed by atoms with E-state index in [9.17, 15) is 12.8 Å². The van der Waals surface area contributed by atoms with Crippen molar-refractivity contribution in [1.82, 2.24) is 10.2 Å². The Morgan fingerprint density at radius 1 is 1.47 bits per heavy atom. The summed E-state index contributed by atoms with van der Waals surface area (Å²) in [5, 5.41) is 6.14. The van der Waals surface area contributed by atoms with Crippen LogP contribution in [-0.4, -0.2) is 18.6 Å². The van der Waals surface area contributed by atoms with Crippen molar-refractivity contribution in [1.29, 1.82) is 0 Å². The molecule has 0 aliphatic rings. The molecule has 0 aliphatic carbocycles. The van der Waals surface area contributed by atoms with Crippen LogP contribution in [-0.2, 0) is 16.4 Å². The van der Waals surface area contributed by atoms with Crippen LogP contribution in [0.25, 0.3) is 0 Å². The van der Waals surface area contributed by atoms with E-state index in [2.05, 4.69) is 14.9 Å². The van der Waals surface area contributed by atoms with Gasteiger partial charge >= 0.3 is 0 Å². The SMILES string of the molecule is CCc1cn[nH]c1NS(=O)(=O)c1ccc(F)cc1Cl. The highest BCUT2D eigenvalue weighted by atomic mass is 35.5. The van der Waals surface area contributed by atoms with Gasteiger partial charge in [-0.1, -0.05) is 18.5 Å². The first-order valence-corrected chi connectivity index (χ1v) is 7.30. The molecule has 1 aromatic carbocycles. The zero-order valence-electron chi connectivity index (χ0n) is 9.94. The number of sulfonamides is 1. The Bertz CT molecular complexity index is 700. The number of rotatable bonds is 4. The highest BCUT2D eigenvalue weighted by molar-refractivity contribution is 7.92. The van der Waals surface area contributed by atoms with E-state index in [-0.39, 0.29) is 15.7 Å². The van der Waals surface area contributed by atoms with Crippen molar-refractivity contribution in [3.8, 4) is 0 Å². The second-order valence-electron chi connectivity index (χ2n) is 3.80. The summed E-state index contributed by atoms with van der Waals surface area (Å²) in [6, 6.07) is 3.10. The van der Waals surface area contributed by atoms with E-state index in [0.717, 1.165) is 23.8 Å². The molecule has 5 nitrogen and oxygen atoms in total. The highest BCUT2D eigenvalue weighted by Crippen LogP contribution is 2.25. The van der Waals surface area contributed by atoms with Crippen LogP contribution in [0, 0.1) is 5.82 Å². The summed E-state index contributed by atoms with van der Waals surface area (Å²) in [6.45, 7) is 1.87. The topological polar surface area (TPSA) is 74.8 Å². The third-order valence-corrected chi connectivity index (χ3v) is 4.35. The number of aryl methyl sites for hydroxylation is 1. The molecule has 2 rings (SSSR count). The van der Waals surface area contributed by atoms with Crippen LogP contribution in [0.1, 0.15) is 12.5 Å². The monoisotopic (exact) mass is 303 g/mol. The Hall–Kier alpha value is -1.60. The molecule has 0 aliphatic heterocycles. The quantitative estimate of drug-likeness (QED) is 0.911. The van der Waals surface area contributed by atoms with E-state index in [1.54, 1.807) is 0 Å². The summed E-state index contributed by atoms with van der Waals surface area (Å²) in [6.07, 6.45) is 2.15. The van der Waals surface area contributed by atoms with E-state index in [1.807, 2.05) is 6.92 Å². The molecule has 1 heterocycles. The average Bonchev–Trinajstić information content (AvgIpc) is 2.74. The molecular formula is C11H11ClFN3O2S. The van der Waals surface area contributed by atoms with E-state index < -0.39 is 15.8 Å². The van der Waals surface area contributed by atoms with Gasteiger partial charge in [0, 0.05) is 5.56 Å². The average molecular weight is 304 g/mol.